The van der Waals surface area contributed by atoms with Crippen molar-refractivity contribution in [3.05, 3.63) is 132 Å². The van der Waals surface area contributed by atoms with Gasteiger partial charge in [-0.3, -0.25) is 4.57 Å². The van der Waals surface area contributed by atoms with E-state index in [2.05, 4.69) is 64.2 Å². The number of urea groups is 1. The van der Waals surface area contributed by atoms with Crippen molar-refractivity contribution in [1.29, 1.82) is 0 Å². The van der Waals surface area contributed by atoms with Gasteiger partial charge >= 0.3 is 6.03 Å². The van der Waals surface area contributed by atoms with Crippen molar-refractivity contribution in [1.82, 2.24) is 20.1 Å². The number of hydrogen-bond donors (Lipinski definition) is 2. The molecule has 0 fully saturated rings. The van der Waals surface area contributed by atoms with Crippen LogP contribution in [0.4, 0.5) is 10.5 Å². The van der Waals surface area contributed by atoms with Crippen molar-refractivity contribution in [2.45, 2.75) is 30.3 Å². The summed E-state index contributed by atoms with van der Waals surface area (Å²) in [4.78, 5) is 13.3. The van der Waals surface area contributed by atoms with E-state index >= 15 is 0 Å². The fourth-order valence-electron chi connectivity index (χ4n) is 4.34. The maximum absolute atomic E-state index is 13.3. The Hall–Kier alpha value is -4.56. The molecule has 8 heteroatoms. The first-order chi connectivity index (χ1) is 19.6. The Balaban J connectivity index is 1.49. The van der Waals surface area contributed by atoms with E-state index < -0.39 is 6.04 Å². The molecule has 4 aromatic carbocycles. The number of thioether (sulfide) groups is 1. The maximum Gasteiger partial charge on any atom is 0.319 e. The summed E-state index contributed by atoms with van der Waals surface area (Å²) < 4.78 is 7.35. The summed E-state index contributed by atoms with van der Waals surface area (Å²) in [5.74, 6) is 2.07. The van der Waals surface area contributed by atoms with Crippen LogP contribution in [-0.4, -0.2) is 27.9 Å². The van der Waals surface area contributed by atoms with E-state index in [1.165, 1.54) is 5.56 Å². The van der Waals surface area contributed by atoms with E-state index in [0.717, 1.165) is 27.7 Å². The van der Waals surface area contributed by atoms with E-state index in [0.29, 0.717) is 23.7 Å². The molecule has 0 aliphatic carbocycles. The Kier molecular flexibility index (Phi) is 8.78. The van der Waals surface area contributed by atoms with Gasteiger partial charge in [-0.15, -0.1) is 10.2 Å². The molecule has 40 heavy (non-hydrogen) atoms. The molecular formula is C32H31N5O2S. The third-order valence-corrected chi connectivity index (χ3v) is 7.39. The van der Waals surface area contributed by atoms with Gasteiger partial charge in [-0.1, -0.05) is 96.2 Å². The lowest BCUT2D eigenvalue weighted by atomic mass is 10.1. The molecule has 0 radical (unpaired) electrons. The second-order valence-electron chi connectivity index (χ2n) is 9.36. The van der Waals surface area contributed by atoms with Gasteiger partial charge in [-0.2, -0.15) is 0 Å². The summed E-state index contributed by atoms with van der Waals surface area (Å²) >= 11 is 1.62. The fraction of sp³-hybridized carbons (Fsp3) is 0.156. The molecule has 2 N–H and O–H groups in total. The van der Waals surface area contributed by atoms with Crippen molar-refractivity contribution in [3.8, 4) is 11.4 Å². The summed E-state index contributed by atoms with van der Waals surface area (Å²) in [7, 11) is 1.60. The number of amides is 2. The SMILES string of the molecule is COc1cccc(NC(=O)NC(Cc2ccccc2)c2nnc(SCc3ccccc3)n2-c2ccc(C)cc2)c1. The average Bonchev–Trinajstić information content (AvgIpc) is 3.41. The van der Waals surface area contributed by atoms with Crippen molar-refractivity contribution in [2.24, 2.45) is 0 Å². The zero-order valence-electron chi connectivity index (χ0n) is 22.5. The molecule has 0 aliphatic rings. The average molecular weight is 550 g/mol. The lowest BCUT2D eigenvalue weighted by Gasteiger charge is -2.21. The Bertz CT molecular complexity index is 1540. The predicted octanol–water partition coefficient (Wildman–Crippen LogP) is 6.98. The predicted molar refractivity (Wildman–Crippen MR) is 160 cm³/mol. The Morgan fingerprint density at radius 2 is 1.57 bits per heavy atom. The maximum atomic E-state index is 13.3. The summed E-state index contributed by atoms with van der Waals surface area (Å²) in [5.41, 5.74) is 5.01. The van der Waals surface area contributed by atoms with Crippen LogP contribution in [-0.2, 0) is 12.2 Å². The number of carbonyl (C=O) groups excluding carboxylic acids is 1. The van der Waals surface area contributed by atoms with Crippen LogP contribution in [0.25, 0.3) is 5.69 Å². The van der Waals surface area contributed by atoms with Crippen molar-refractivity contribution in [3.63, 3.8) is 0 Å². The number of carbonyl (C=O) groups is 1. The number of aromatic nitrogens is 3. The molecule has 1 heterocycles. The van der Waals surface area contributed by atoms with Gasteiger partial charge in [0.15, 0.2) is 11.0 Å². The molecule has 1 aromatic heterocycles. The van der Waals surface area contributed by atoms with Gasteiger partial charge in [-0.05, 0) is 42.3 Å². The van der Waals surface area contributed by atoms with Gasteiger partial charge in [0.05, 0.1) is 13.2 Å². The molecule has 0 bridgehead atoms. The van der Waals surface area contributed by atoms with Crippen LogP contribution in [0.5, 0.6) is 5.75 Å². The third-order valence-electron chi connectivity index (χ3n) is 6.39. The molecule has 1 atom stereocenters. The van der Waals surface area contributed by atoms with E-state index in [1.807, 2.05) is 71.3 Å². The fourth-order valence-corrected chi connectivity index (χ4v) is 5.26. The number of benzene rings is 4. The van der Waals surface area contributed by atoms with Crippen LogP contribution in [0.3, 0.4) is 0 Å². The Morgan fingerprint density at radius 1 is 0.875 bits per heavy atom. The quantitative estimate of drug-likeness (QED) is 0.184. The first kappa shape index (κ1) is 27.0. The number of ether oxygens (including phenoxy) is 1. The lowest BCUT2D eigenvalue weighted by Crippen LogP contribution is -2.35. The minimum Gasteiger partial charge on any atom is -0.497 e. The van der Waals surface area contributed by atoms with E-state index in [9.17, 15) is 4.79 Å². The van der Waals surface area contributed by atoms with Crippen LogP contribution >= 0.6 is 11.8 Å². The zero-order valence-corrected chi connectivity index (χ0v) is 23.3. The normalized spacial score (nSPS) is 11.6. The van der Waals surface area contributed by atoms with Crippen LogP contribution in [0.15, 0.2) is 114 Å². The Morgan fingerprint density at radius 3 is 2.27 bits per heavy atom. The number of methoxy groups -OCH3 is 1. The molecular weight excluding hydrogens is 518 g/mol. The second kappa shape index (κ2) is 13.0. The van der Waals surface area contributed by atoms with Gasteiger partial charge in [0.1, 0.15) is 5.75 Å². The number of hydrogen-bond acceptors (Lipinski definition) is 5. The van der Waals surface area contributed by atoms with Crippen molar-refractivity contribution < 1.29 is 9.53 Å². The standard InChI is InChI=1S/C32H31N5O2S/c1-23-16-18-27(19-17-23)37-30(35-36-32(37)40-22-25-12-7-4-8-13-25)29(20-24-10-5-3-6-11-24)34-31(38)33-26-14-9-15-28(21-26)39-2/h3-19,21,29H,20,22H2,1-2H3,(H2,33,34,38). The van der Waals surface area contributed by atoms with E-state index in [1.54, 1.807) is 24.9 Å². The van der Waals surface area contributed by atoms with Gasteiger partial charge in [-0.25, -0.2) is 4.79 Å². The van der Waals surface area contributed by atoms with Gasteiger partial charge in [0, 0.05) is 29.6 Å². The number of rotatable bonds is 10. The minimum absolute atomic E-state index is 0.342. The molecule has 202 valence electrons. The first-order valence-electron chi connectivity index (χ1n) is 13.0. The summed E-state index contributed by atoms with van der Waals surface area (Å²) in [6.07, 6.45) is 0.541. The lowest BCUT2D eigenvalue weighted by molar-refractivity contribution is 0.247. The van der Waals surface area contributed by atoms with Gasteiger partial charge in [0.2, 0.25) is 0 Å². The van der Waals surface area contributed by atoms with E-state index in [-0.39, 0.29) is 6.03 Å². The first-order valence-corrected chi connectivity index (χ1v) is 14.0. The number of aryl methyl sites for hydroxylation is 1. The number of nitrogens with one attached hydrogen (secondary N) is 2. The summed E-state index contributed by atoms with van der Waals surface area (Å²) in [6, 6.07) is 35.1. The molecule has 1 unspecified atom stereocenters. The smallest absolute Gasteiger partial charge is 0.319 e. The molecule has 2 amide bonds. The van der Waals surface area contributed by atoms with Crippen molar-refractivity contribution >= 4 is 23.5 Å². The van der Waals surface area contributed by atoms with Crippen LogP contribution in [0, 0.1) is 6.92 Å². The molecule has 0 aliphatic heterocycles. The van der Waals surface area contributed by atoms with Crippen LogP contribution < -0.4 is 15.4 Å². The van der Waals surface area contributed by atoms with E-state index in [4.69, 9.17) is 4.74 Å². The Labute approximate surface area is 238 Å². The molecule has 0 saturated carbocycles. The molecule has 0 spiro atoms. The monoisotopic (exact) mass is 549 g/mol. The molecule has 7 nitrogen and oxygen atoms in total. The largest absolute Gasteiger partial charge is 0.497 e. The van der Waals surface area contributed by atoms with Crippen molar-refractivity contribution in [2.75, 3.05) is 12.4 Å². The highest BCUT2D eigenvalue weighted by Gasteiger charge is 2.25. The highest BCUT2D eigenvalue weighted by molar-refractivity contribution is 7.98. The number of nitrogens with zero attached hydrogens (tertiary/aromatic N) is 3. The number of anilines is 1. The second-order valence-corrected chi connectivity index (χ2v) is 10.3. The van der Waals surface area contributed by atoms with Gasteiger partial charge in [0.25, 0.3) is 0 Å². The molecule has 0 saturated heterocycles. The summed E-state index contributed by atoms with van der Waals surface area (Å²) in [6.45, 7) is 2.06. The van der Waals surface area contributed by atoms with Crippen LogP contribution in [0.1, 0.15) is 28.6 Å². The molecule has 5 rings (SSSR count). The summed E-state index contributed by atoms with van der Waals surface area (Å²) in [5, 5.41) is 16.1. The highest BCUT2D eigenvalue weighted by atomic mass is 32.2. The van der Waals surface area contributed by atoms with Crippen LogP contribution in [0.2, 0.25) is 0 Å². The topological polar surface area (TPSA) is 81.1 Å². The molecule has 5 aromatic rings. The van der Waals surface area contributed by atoms with Gasteiger partial charge < -0.3 is 15.4 Å². The minimum atomic E-state index is -0.451. The zero-order chi connectivity index (χ0) is 27.7. The highest BCUT2D eigenvalue weighted by Crippen LogP contribution is 2.29. The third kappa shape index (κ3) is 6.90.